The normalized spacial score (nSPS) is 11.6. The zero-order valence-electron chi connectivity index (χ0n) is 7.51. The fourth-order valence-electron chi connectivity index (χ4n) is 1.07. The number of aromatic hydroxyl groups is 1. The lowest BCUT2D eigenvalue weighted by Crippen LogP contribution is -2.15. The number of hydrogen-bond acceptors (Lipinski definition) is 2. The number of rotatable bonds is 0. The van der Waals surface area contributed by atoms with Gasteiger partial charge < -0.3 is 5.11 Å². The van der Waals surface area contributed by atoms with Gasteiger partial charge in [-0.3, -0.25) is 9.78 Å². The van der Waals surface area contributed by atoms with Crippen LogP contribution < -0.4 is 5.56 Å². The van der Waals surface area contributed by atoms with Crippen LogP contribution in [0.5, 0.6) is 5.88 Å². The average molecular weight is 167 g/mol. The molecule has 0 spiro atoms. The molecule has 3 nitrogen and oxygen atoms in total. The molecule has 0 radical (unpaired) electrons. The fourth-order valence-corrected chi connectivity index (χ4v) is 1.07. The minimum absolute atomic E-state index is 0.0324. The van der Waals surface area contributed by atoms with E-state index < -0.39 is 0 Å². The van der Waals surface area contributed by atoms with Gasteiger partial charge >= 0.3 is 0 Å². The molecule has 1 aromatic heterocycles. The van der Waals surface area contributed by atoms with Crippen LogP contribution in [0.4, 0.5) is 0 Å². The molecule has 0 saturated heterocycles. The first-order chi connectivity index (χ1) is 5.41. The van der Waals surface area contributed by atoms with Crippen LogP contribution in [0.2, 0.25) is 0 Å². The van der Waals surface area contributed by atoms with Gasteiger partial charge in [-0.1, -0.05) is 20.8 Å². The van der Waals surface area contributed by atoms with Crippen molar-refractivity contribution in [3.05, 3.63) is 28.0 Å². The lowest BCUT2D eigenvalue weighted by atomic mass is 9.88. The minimum atomic E-state index is -0.277. The maximum atomic E-state index is 10.8. The van der Waals surface area contributed by atoms with Crippen LogP contribution in [0.25, 0.3) is 0 Å². The molecular formula is C9H13NO2. The maximum Gasteiger partial charge on any atom is 0.250 e. The van der Waals surface area contributed by atoms with Gasteiger partial charge in [-0.25, -0.2) is 0 Å². The molecule has 0 fully saturated rings. The highest BCUT2D eigenvalue weighted by atomic mass is 16.3. The van der Waals surface area contributed by atoms with Crippen molar-refractivity contribution in [2.45, 2.75) is 26.2 Å². The second-order valence-corrected chi connectivity index (χ2v) is 3.83. The molecule has 0 unspecified atom stereocenters. The Morgan fingerprint density at radius 2 is 1.92 bits per heavy atom. The molecule has 2 N–H and O–H groups in total. The van der Waals surface area contributed by atoms with Crippen molar-refractivity contribution in [2.75, 3.05) is 0 Å². The van der Waals surface area contributed by atoms with E-state index in [1.54, 1.807) is 6.07 Å². The number of hydrogen-bond donors (Lipinski definition) is 2. The Bertz CT molecular complexity index is 333. The van der Waals surface area contributed by atoms with Gasteiger partial charge in [-0.2, -0.15) is 0 Å². The average Bonchev–Trinajstić information content (AvgIpc) is 1.83. The highest BCUT2D eigenvalue weighted by Gasteiger charge is 2.17. The highest BCUT2D eigenvalue weighted by molar-refractivity contribution is 5.30. The topological polar surface area (TPSA) is 53.1 Å². The Morgan fingerprint density at radius 1 is 1.33 bits per heavy atom. The van der Waals surface area contributed by atoms with Gasteiger partial charge in [-0.05, 0) is 11.5 Å². The maximum absolute atomic E-state index is 10.8. The van der Waals surface area contributed by atoms with E-state index in [1.807, 2.05) is 20.8 Å². The second-order valence-electron chi connectivity index (χ2n) is 3.83. The number of aromatic nitrogens is 1. The predicted molar refractivity (Wildman–Crippen MR) is 47.4 cm³/mol. The molecule has 3 heteroatoms. The largest absolute Gasteiger partial charge is 0.494 e. The van der Waals surface area contributed by atoms with Crippen LogP contribution in [0.3, 0.4) is 0 Å². The SMILES string of the molecule is CC(C)(C)c1ccc(=O)[nH]c1O. The summed E-state index contributed by atoms with van der Waals surface area (Å²) in [5.74, 6) is -0.0324. The first-order valence-corrected chi connectivity index (χ1v) is 3.84. The Hall–Kier alpha value is -1.25. The molecule has 1 aromatic rings. The van der Waals surface area contributed by atoms with Crippen molar-refractivity contribution in [3.8, 4) is 5.88 Å². The van der Waals surface area contributed by atoms with E-state index in [9.17, 15) is 9.90 Å². The summed E-state index contributed by atoms with van der Waals surface area (Å²) in [5.41, 5.74) is 0.330. The van der Waals surface area contributed by atoms with E-state index in [2.05, 4.69) is 4.98 Å². The van der Waals surface area contributed by atoms with E-state index in [4.69, 9.17) is 0 Å². The molecule has 0 aliphatic heterocycles. The smallest absolute Gasteiger partial charge is 0.250 e. The fraction of sp³-hybridized carbons (Fsp3) is 0.444. The molecule has 0 saturated carbocycles. The van der Waals surface area contributed by atoms with Gasteiger partial charge in [0.05, 0.1) is 0 Å². The van der Waals surface area contributed by atoms with Crippen molar-refractivity contribution in [2.24, 2.45) is 0 Å². The summed E-state index contributed by atoms with van der Waals surface area (Å²) in [7, 11) is 0. The Kier molecular flexibility index (Phi) is 1.96. The van der Waals surface area contributed by atoms with Crippen molar-refractivity contribution in [3.63, 3.8) is 0 Å². The monoisotopic (exact) mass is 167 g/mol. The second kappa shape index (κ2) is 2.66. The lowest BCUT2D eigenvalue weighted by molar-refractivity contribution is 0.425. The van der Waals surface area contributed by atoms with E-state index >= 15 is 0 Å². The van der Waals surface area contributed by atoms with Gasteiger partial charge in [0.15, 0.2) is 5.88 Å². The van der Waals surface area contributed by atoms with Crippen molar-refractivity contribution in [1.82, 2.24) is 4.98 Å². The van der Waals surface area contributed by atoms with Gasteiger partial charge in [0.1, 0.15) is 0 Å². The molecule has 0 aromatic carbocycles. The zero-order chi connectivity index (χ0) is 9.35. The van der Waals surface area contributed by atoms with Gasteiger partial charge in [0, 0.05) is 11.6 Å². The van der Waals surface area contributed by atoms with E-state index in [0.717, 1.165) is 5.56 Å². The van der Waals surface area contributed by atoms with Crippen molar-refractivity contribution in [1.29, 1.82) is 0 Å². The molecule has 0 aliphatic carbocycles. The number of H-pyrrole nitrogens is 1. The number of pyridine rings is 1. The van der Waals surface area contributed by atoms with Gasteiger partial charge in [0.25, 0.3) is 5.56 Å². The van der Waals surface area contributed by atoms with Gasteiger partial charge in [-0.15, -0.1) is 0 Å². The molecule has 66 valence electrons. The zero-order valence-corrected chi connectivity index (χ0v) is 7.51. The summed E-state index contributed by atoms with van der Waals surface area (Å²) in [6.45, 7) is 5.92. The summed E-state index contributed by atoms with van der Waals surface area (Å²) in [5, 5.41) is 9.37. The van der Waals surface area contributed by atoms with Crippen molar-refractivity contribution < 1.29 is 5.11 Å². The predicted octanol–water partition coefficient (Wildman–Crippen LogP) is 1.38. The van der Waals surface area contributed by atoms with Crippen LogP contribution in [-0.2, 0) is 5.41 Å². The van der Waals surface area contributed by atoms with E-state index in [1.165, 1.54) is 6.07 Å². The number of aromatic amines is 1. The van der Waals surface area contributed by atoms with Crippen LogP contribution in [-0.4, -0.2) is 10.1 Å². The third-order valence-corrected chi connectivity index (χ3v) is 1.71. The van der Waals surface area contributed by atoms with Crippen LogP contribution >= 0.6 is 0 Å². The van der Waals surface area contributed by atoms with Crippen LogP contribution in [0, 0.1) is 0 Å². The minimum Gasteiger partial charge on any atom is -0.494 e. The van der Waals surface area contributed by atoms with E-state index in [0.29, 0.717) is 0 Å². The van der Waals surface area contributed by atoms with Crippen LogP contribution in [0.15, 0.2) is 16.9 Å². The third kappa shape index (κ3) is 1.67. The first-order valence-electron chi connectivity index (χ1n) is 3.84. The summed E-state index contributed by atoms with van der Waals surface area (Å²) in [6, 6.07) is 3.06. The molecular weight excluding hydrogens is 154 g/mol. The summed E-state index contributed by atoms with van der Waals surface area (Å²) < 4.78 is 0. The molecule has 1 heterocycles. The lowest BCUT2D eigenvalue weighted by Gasteiger charge is -2.19. The third-order valence-electron chi connectivity index (χ3n) is 1.71. The Morgan fingerprint density at radius 3 is 2.33 bits per heavy atom. The molecule has 0 aliphatic rings. The Labute approximate surface area is 71.1 Å². The standard InChI is InChI=1S/C9H13NO2/c1-9(2,3)6-4-5-7(11)10-8(6)12/h4-5H,1-3H3,(H2,10,11,12). The molecule has 0 amide bonds. The summed E-state index contributed by atoms with van der Waals surface area (Å²) in [4.78, 5) is 13.1. The van der Waals surface area contributed by atoms with Crippen molar-refractivity contribution >= 4 is 0 Å². The Balaban J connectivity index is 3.28. The number of nitrogens with one attached hydrogen (secondary N) is 1. The van der Waals surface area contributed by atoms with Gasteiger partial charge in [0.2, 0.25) is 0 Å². The summed E-state index contributed by atoms with van der Waals surface area (Å²) in [6.07, 6.45) is 0. The first kappa shape index (κ1) is 8.84. The molecule has 0 bridgehead atoms. The van der Waals surface area contributed by atoms with Crippen LogP contribution in [0.1, 0.15) is 26.3 Å². The molecule has 1 rings (SSSR count). The quantitative estimate of drug-likeness (QED) is 0.613. The van der Waals surface area contributed by atoms with E-state index in [-0.39, 0.29) is 16.9 Å². The molecule has 0 atom stereocenters. The highest BCUT2D eigenvalue weighted by Crippen LogP contribution is 2.26. The summed E-state index contributed by atoms with van der Waals surface area (Å²) >= 11 is 0. The molecule has 12 heavy (non-hydrogen) atoms.